The minimum Gasteiger partial charge on any atom is -0.325 e. The molecule has 2 aromatic carbocycles. The van der Waals surface area contributed by atoms with E-state index in [0.29, 0.717) is 17.2 Å². The molecule has 5 aromatic rings. The number of anilines is 1. The van der Waals surface area contributed by atoms with Gasteiger partial charge in [-0.1, -0.05) is 42.5 Å². The van der Waals surface area contributed by atoms with Crippen LogP contribution in [0.15, 0.2) is 91.3 Å². The van der Waals surface area contributed by atoms with E-state index < -0.39 is 0 Å². The van der Waals surface area contributed by atoms with E-state index in [9.17, 15) is 4.79 Å². The molecule has 5 rings (SSSR count). The first-order valence-electron chi connectivity index (χ1n) is 10.4. The van der Waals surface area contributed by atoms with Gasteiger partial charge in [-0.15, -0.1) is 22.0 Å². The lowest BCUT2D eigenvalue weighted by Gasteiger charge is -2.08. The molecule has 162 valence electrons. The molecule has 0 saturated heterocycles. The van der Waals surface area contributed by atoms with Crippen molar-refractivity contribution >= 4 is 29.0 Å². The number of aromatic nitrogens is 5. The summed E-state index contributed by atoms with van der Waals surface area (Å²) in [6, 6.07) is 25.3. The van der Waals surface area contributed by atoms with E-state index >= 15 is 0 Å². The summed E-state index contributed by atoms with van der Waals surface area (Å²) in [5.74, 6) is 1.81. The van der Waals surface area contributed by atoms with Gasteiger partial charge in [0.1, 0.15) is 0 Å². The quantitative estimate of drug-likeness (QED) is 0.384. The Morgan fingerprint density at radius 2 is 1.73 bits per heavy atom. The smallest absolute Gasteiger partial charge is 0.234 e. The molecule has 0 aliphatic carbocycles. The van der Waals surface area contributed by atoms with Gasteiger partial charge in [-0.05, 0) is 42.0 Å². The molecule has 1 N–H and O–H groups in total. The Hall–Kier alpha value is -4.04. The molecule has 0 atom stereocenters. The normalized spacial score (nSPS) is 10.9. The number of thioether (sulfide) groups is 1. The molecule has 0 fully saturated rings. The fourth-order valence-corrected chi connectivity index (χ4v) is 4.20. The van der Waals surface area contributed by atoms with Gasteiger partial charge in [0.2, 0.25) is 5.91 Å². The zero-order chi connectivity index (χ0) is 22.5. The highest BCUT2D eigenvalue weighted by Gasteiger charge is 2.11. The Labute approximate surface area is 194 Å². The Balaban J connectivity index is 1.31. The Bertz CT molecular complexity index is 1390. The molecular formula is C25H20N6OS. The van der Waals surface area contributed by atoms with Crippen molar-refractivity contribution in [1.29, 1.82) is 0 Å². The van der Waals surface area contributed by atoms with Crippen molar-refractivity contribution in [3.05, 3.63) is 96.8 Å². The van der Waals surface area contributed by atoms with Crippen LogP contribution in [0.4, 0.5) is 5.69 Å². The predicted molar refractivity (Wildman–Crippen MR) is 131 cm³/mol. The van der Waals surface area contributed by atoms with E-state index in [1.165, 1.54) is 5.56 Å². The number of pyridine rings is 1. The largest absolute Gasteiger partial charge is 0.325 e. The van der Waals surface area contributed by atoms with Crippen molar-refractivity contribution in [3.8, 4) is 22.6 Å². The van der Waals surface area contributed by atoms with Gasteiger partial charge in [-0.2, -0.15) is 9.61 Å². The number of carbonyl (C=O) groups excluding carboxylic acids is 1. The lowest BCUT2D eigenvalue weighted by Crippen LogP contribution is -2.14. The Morgan fingerprint density at radius 1 is 0.879 bits per heavy atom. The Kier molecular flexibility index (Phi) is 6.08. The third kappa shape index (κ3) is 4.91. The number of hydrogen-bond acceptors (Lipinski definition) is 6. The molecule has 1 amide bonds. The molecule has 33 heavy (non-hydrogen) atoms. The number of rotatable bonds is 7. The third-order valence-corrected chi connectivity index (χ3v) is 5.99. The summed E-state index contributed by atoms with van der Waals surface area (Å²) in [5, 5.41) is 16.2. The lowest BCUT2D eigenvalue weighted by atomic mass is 10.1. The monoisotopic (exact) mass is 452 g/mol. The van der Waals surface area contributed by atoms with Gasteiger partial charge in [-0.3, -0.25) is 9.78 Å². The summed E-state index contributed by atoms with van der Waals surface area (Å²) < 4.78 is 1.72. The molecular weight excluding hydrogens is 432 g/mol. The highest BCUT2D eigenvalue weighted by atomic mass is 32.2. The van der Waals surface area contributed by atoms with Crippen molar-refractivity contribution in [1.82, 2.24) is 24.8 Å². The minimum absolute atomic E-state index is 0.0322. The highest BCUT2D eigenvalue weighted by molar-refractivity contribution is 7.99. The summed E-state index contributed by atoms with van der Waals surface area (Å²) in [6.45, 7) is 0. The first kappa shape index (κ1) is 20.8. The van der Waals surface area contributed by atoms with Crippen molar-refractivity contribution in [2.45, 2.75) is 5.75 Å². The number of amides is 1. The molecule has 8 heteroatoms. The van der Waals surface area contributed by atoms with Crippen LogP contribution in [0.1, 0.15) is 5.56 Å². The first-order valence-corrected chi connectivity index (χ1v) is 11.6. The zero-order valence-corrected chi connectivity index (χ0v) is 18.4. The summed E-state index contributed by atoms with van der Waals surface area (Å²) in [7, 11) is 0. The van der Waals surface area contributed by atoms with Gasteiger partial charge in [0, 0.05) is 35.0 Å². The second kappa shape index (κ2) is 9.62. The van der Waals surface area contributed by atoms with Crippen LogP contribution < -0.4 is 5.32 Å². The van der Waals surface area contributed by atoms with Crippen LogP contribution in [0.25, 0.3) is 28.3 Å². The average Bonchev–Trinajstić information content (AvgIpc) is 3.29. The second-order valence-corrected chi connectivity index (χ2v) is 8.34. The maximum atomic E-state index is 12.4. The standard InChI is InChI=1S/C25H20N6OS/c32-24(17-33-16-18-5-2-1-3-6-18)27-21-8-4-7-20(15-21)22-9-10-23-28-29-25(31(23)30-22)19-11-13-26-14-12-19/h1-15H,16-17H2,(H,27,32). The van der Waals surface area contributed by atoms with E-state index in [1.807, 2.05) is 66.7 Å². The minimum atomic E-state index is -0.0322. The summed E-state index contributed by atoms with van der Waals surface area (Å²) in [5.41, 5.74) is 5.13. The Morgan fingerprint density at radius 3 is 2.58 bits per heavy atom. The lowest BCUT2D eigenvalue weighted by molar-refractivity contribution is -0.113. The molecule has 0 spiro atoms. The van der Waals surface area contributed by atoms with Crippen molar-refractivity contribution < 1.29 is 4.79 Å². The van der Waals surface area contributed by atoms with E-state index in [-0.39, 0.29) is 5.91 Å². The summed E-state index contributed by atoms with van der Waals surface area (Å²) >= 11 is 1.59. The van der Waals surface area contributed by atoms with Gasteiger partial charge < -0.3 is 5.32 Å². The van der Waals surface area contributed by atoms with Crippen molar-refractivity contribution in [2.75, 3.05) is 11.1 Å². The topological polar surface area (TPSA) is 85.1 Å². The zero-order valence-electron chi connectivity index (χ0n) is 17.6. The molecule has 0 aliphatic heterocycles. The van der Waals surface area contributed by atoms with Gasteiger partial charge in [0.05, 0.1) is 11.4 Å². The van der Waals surface area contributed by atoms with Gasteiger partial charge in [-0.25, -0.2) is 0 Å². The fourth-order valence-electron chi connectivity index (χ4n) is 3.41. The maximum absolute atomic E-state index is 12.4. The van der Waals surface area contributed by atoms with E-state index in [2.05, 4.69) is 32.6 Å². The van der Waals surface area contributed by atoms with E-state index in [1.54, 1.807) is 28.7 Å². The second-order valence-electron chi connectivity index (χ2n) is 7.36. The molecule has 7 nitrogen and oxygen atoms in total. The SMILES string of the molecule is O=C(CSCc1ccccc1)Nc1cccc(-c2ccc3nnc(-c4ccncc4)n3n2)c1. The number of benzene rings is 2. The first-order chi connectivity index (χ1) is 16.3. The van der Waals surface area contributed by atoms with Crippen LogP contribution in [0, 0.1) is 0 Å². The van der Waals surface area contributed by atoms with Gasteiger partial charge in [0.25, 0.3) is 0 Å². The van der Waals surface area contributed by atoms with Crippen LogP contribution in [-0.2, 0) is 10.5 Å². The van der Waals surface area contributed by atoms with Gasteiger partial charge in [0.15, 0.2) is 11.5 Å². The van der Waals surface area contributed by atoms with Crippen LogP contribution >= 0.6 is 11.8 Å². The predicted octanol–water partition coefficient (Wildman–Crippen LogP) is 4.73. The van der Waals surface area contributed by atoms with Crippen LogP contribution in [0.3, 0.4) is 0 Å². The van der Waals surface area contributed by atoms with E-state index in [0.717, 1.165) is 28.3 Å². The fraction of sp³-hybridized carbons (Fsp3) is 0.0800. The number of hydrogen-bond donors (Lipinski definition) is 1. The van der Waals surface area contributed by atoms with Crippen LogP contribution in [0.2, 0.25) is 0 Å². The molecule has 0 radical (unpaired) electrons. The number of nitrogens with one attached hydrogen (secondary N) is 1. The average molecular weight is 453 g/mol. The molecule has 0 saturated carbocycles. The number of carbonyl (C=O) groups is 1. The van der Waals surface area contributed by atoms with Crippen LogP contribution in [-0.4, -0.2) is 36.5 Å². The molecule has 0 unspecified atom stereocenters. The molecule has 0 bridgehead atoms. The highest BCUT2D eigenvalue weighted by Crippen LogP contribution is 2.23. The van der Waals surface area contributed by atoms with Crippen LogP contribution in [0.5, 0.6) is 0 Å². The van der Waals surface area contributed by atoms with Crippen molar-refractivity contribution in [2.24, 2.45) is 0 Å². The van der Waals surface area contributed by atoms with Crippen molar-refractivity contribution in [3.63, 3.8) is 0 Å². The third-order valence-electron chi connectivity index (χ3n) is 4.99. The molecule has 0 aliphatic rings. The number of fused-ring (bicyclic) bond motifs is 1. The van der Waals surface area contributed by atoms with Gasteiger partial charge >= 0.3 is 0 Å². The maximum Gasteiger partial charge on any atom is 0.234 e. The number of nitrogens with zero attached hydrogens (tertiary/aromatic N) is 5. The summed E-state index contributed by atoms with van der Waals surface area (Å²) in [6.07, 6.45) is 3.43. The molecule has 3 aromatic heterocycles. The summed E-state index contributed by atoms with van der Waals surface area (Å²) in [4.78, 5) is 16.5. The molecule has 3 heterocycles. The van der Waals surface area contributed by atoms with E-state index in [4.69, 9.17) is 5.10 Å².